The summed E-state index contributed by atoms with van der Waals surface area (Å²) in [5.41, 5.74) is -0.000905. The van der Waals surface area contributed by atoms with Gasteiger partial charge < -0.3 is 10.0 Å². The predicted octanol–water partition coefficient (Wildman–Crippen LogP) is 2.92. The van der Waals surface area contributed by atoms with Crippen LogP contribution < -0.4 is 0 Å². The van der Waals surface area contributed by atoms with Crippen LogP contribution in [0.3, 0.4) is 0 Å². The van der Waals surface area contributed by atoms with Crippen molar-refractivity contribution in [3.05, 3.63) is 0 Å². The average molecular weight is 317 g/mol. The molecule has 0 radical (unpaired) electrons. The first-order valence-corrected chi connectivity index (χ1v) is 9.52. The summed E-state index contributed by atoms with van der Waals surface area (Å²) in [4.78, 5) is 26.6. The second-order valence-electron chi connectivity index (χ2n) is 9.45. The number of carboxylic acid groups (broad SMARTS) is 1. The van der Waals surface area contributed by atoms with Crippen LogP contribution in [0.2, 0.25) is 0 Å². The van der Waals surface area contributed by atoms with Crippen molar-refractivity contribution in [2.75, 3.05) is 13.1 Å². The molecule has 0 aromatic heterocycles. The minimum atomic E-state index is -0.633. The van der Waals surface area contributed by atoms with Crippen molar-refractivity contribution >= 4 is 11.9 Å². The standard InChI is InChI=1S/C19H27NO3/c21-16(22)15-11-18(15)1-3-20(4-2-18)17(23)19-8-12-5-13(9-19)7-14(6-12)10-19/h12-15H,1-11H2,(H,21,22). The van der Waals surface area contributed by atoms with E-state index in [-0.39, 0.29) is 16.7 Å². The topological polar surface area (TPSA) is 57.6 Å². The normalized spacial score (nSPS) is 46.2. The van der Waals surface area contributed by atoms with E-state index < -0.39 is 5.97 Å². The molecular weight excluding hydrogens is 290 g/mol. The number of hydrogen-bond acceptors (Lipinski definition) is 2. The Kier molecular flexibility index (Phi) is 2.81. The first-order valence-electron chi connectivity index (χ1n) is 9.52. The fourth-order valence-electron chi connectivity index (χ4n) is 7.11. The number of carbonyl (C=O) groups excluding carboxylic acids is 1. The highest BCUT2D eigenvalue weighted by Gasteiger charge is 2.61. The first-order chi connectivity index (χ1) is 11.0. The van der Waals surface area contributed by atoms with Crippen LogP contribution in [-0.4, -0.2) is 35.0 Å². The maximum atomic E-state index is 13.3. The molecule has 1 unspecified atom stereocenters. The van der Waals surface area contributed by atoms with Gasteiger partial charge in [-0.15, -0.1) is 0 Å². The lowest BCUT2D eigenvalue weighted by Gasteiger charge is -2.57. The zero-order valence-electron chi connectivity index (χ0n) is 13.8. The zero-order chi connectivity index (χ0) is 15.8. The molecule has 5 saturated carbocycles. The van der Waals surface area contributed by atoms with Crippen molar-refractivity contribution in [1.82, 2.24) is 4.90 Å². The number of amides is 1. The van der Waals surface area contributed by atoms with Gasteiger partial charge in [-0.05, 0) is 81.0 Å². The van der Waals surface area contributed by atoms with Gasteiger partial charge in [-0.1, -0.05) is 0 Å². The molecule has 1 aliphatic heterocycles. The number of piperidine rings is 1. The van der Waals surface area contributed by atoms with Crippen LogP contribution in [0.4, 0.5) is 0 Å². The maximum Gasteiger partial charge on any atom is 0.307 e. The van der Waals surface area contributed by atoms with E-state index in [1.807, 2.05) is 0 Å². The van der Waals surface area contributed by atoms with Crippen LogP contribution in [0.25, 0.3) is 0 Å². The van der Waals surface area contributed by atoms with Gasteiger partial charge >= 0.3 is 5.97 Å². The smallest absolute Gasteiger partial charge is 0.307 e. The van der Waals surface area contributed by atoms with E-state index in [4.69, 9.17) is 0 Å². The Morgan fingerprint density at radius 2 is 1.39 bits per heavy atom. The van der Waals surface area contributed by atoms with Crippen molar-refractivity contribution in [1.29, 1.82) is 0 Å². The highest BCUT2D eigenvalue weighted by atomic mass is 16.4. The second-order valence-corrected chi connectivity index (χ2v) is 9.45. The molecular formula is C19H27NO3. The Morgan fingerprint density at radius 1 is 0.870 bits per heavy atom. The van der Waals surface area contributed by atoms with Crippen LogP contribution in [-0.2, 0) is 9.59 Å². The number of carboxylic acids is 1. The summed E-state index contributed by atoms with van der Waals surface area (Å²) in [6, 6.07) is 0. The van der Waals surface area contributed by atoms with Gasteiger partial charge in [0, 0.05) is 13.1 Å². The van der Waals surface area contributed by atoms with Gasteiger partial charge in [0.15, 0.2) is 0 Å². The molecule has 5 aliphatic carbocycles. The van der Waals surface area contributed by atoms with E-state index >= 15 is 0 Å². The third kappa shape index (κ3) is 2.02. The number of aliphatic carboxylic acids is 1. The van der Waals surface area contributed by atoms with E-state index in [1.54, 1.807) is 0 Å². The van der Waals surface area contributed by atoms with Gasteiger partial charge in [0.05, 0.1) is 11.3 Å². The molecule has 0 aromatic rings. The van der Waals surface area contributed by atoms with Crippen molar-refractivity contribution in [2.45, 2.75) is 57.8 Å². The van der Waals surface area contributed by atoms with E-state index in [0.29, 0.717) is 5.91 Å². The highest BCUT2D eigenvalue weighted by Crippen LogP contribution is 2.62. The molecule has 23 heavy (non-hydrogen) atoms. The number of carbonyl (C=O) groups is 2. The minimum absolute atomic E-state index is 0.0318. The molecule has 1 saturated heterocycles. The quantitative estimate of drug-likeness (QED) is 0.852. The molecule has 4 heteroatoms. The highest BCUT2D eigenvalue weighted by molar-refractivity contribution is 5.83. The van der Waals surface area contributed by atoms with Gasteiger partial charge in [0.25, 0.3) is 0 Å². The van der Waals surface area contributed by atoms with Gasteiger partial charge in [0.1, 0.15) is 0 Å². The third-order valence-electron chi connectivity index (χ3n) is 8.03. The summed E-state index contributed by atoms with van der Waals surface area (Å²) in [5, 5.41) is 9.22. The van der Waals surface area contributed by atoms with Crippen molar-refractivity contribution in [2.24, 2.45) is 34.5 Å². The number of nitrogens with zero attached hydrogens (tertiary/aromatic N) is 1. The second kappa shape index (κ2) is 4.52. The summed E-state index contributed by atoms with van der Waals surface area (Å²) in [6.45, 7) is 1.59. The zero-order valence-corrected chi connectivity index (χ0v) is 13.8. The summed E-state index contributed by atoms with van der Waals surface area (Å²) < 4.78 is 0. The SMILES string of the molecule is O=C(O)C1CC12CCN(C(=O)C13CC4CC(CC(C4)C1)C3)CC2. The summed E-state index contributed by atoms with van der Waals surface area (Å²) in [6.07, 6.45) is 10.2. The first kappa shape index (κ1) is 14.3. The summed E-state index contributed by atoms with van der Waals surface area (Å²) in [5.74, 6) is 2.08. The molecule has 0 aromatic carbocycles. The molecule has 4 bridgehead atoms. The lowest BCUT2D eigenvalue weighted by atomic mass is 9.49. The molecule has 6 rings (SSSR count). The molecule has 1 amide bonds. The molecule has 4 nitrogen and oxygen atoms in total. The Balaban J connectivity index is 1.28. The molecule has 126 valence electrons. The molecule has 1 atom stereocenters. The average Bonchev–Trinajstić information content (AvgIpc) is 3.20. The lowest BCUT2D eigenvalue weighted by Crippen LogP contribution is -2.56. The van der Waals surface area contributed by atoms with Crippen LogP contribution in [0.5, 0.6) is 0 Å². The fourth-order valence-corrected chi connectivity index (χ4v) is 7.11. The van der Waals surface area contributed by atoms with E-state index in [1.165, 1.54) is 19.3 Å². The molecule has 1 spiro atoms. The minimum Gasteiger partial charge on any atom is -0.481 e. The van der Waals surface area contributed by atoms with Crippen LogP contribution in [0.15, 0.2) is 0 Å². The lowest BCUT2D eigenvalue weighted by molar-refractivity contribution is -0.159. The van der Waals surface area contributed by atoms with E-state index in [2.05, 4.69) is 4.90 Å². The molecule has 1 heterocycles. The Labute approximate surface area is 137 Å². The fraction of sp³-hybridized carbons (Fsp3) is 0.895. The van der Waals surface area contributed by atoms with Gasteiger partial charge in [-0.25, -0.2) is 0 Å². The third-order valence-corrected chi connectivity index (χ3v) is 8.03. The Bertz CT molecular complexity index is 526. The number of likely N-dealkylation sites (tertiary alicyclic amines) is 1. The predicted molar refractivity (Wildman–Crippen MR) is 84.6 cm³/mol. The molecule has 6 aliphatic rings. The van der Waals surface area contributed by atoms with Crippen LogP contribution in [0, 0.1) is 34.5 Å². The van der Waals surface area contributed by atoms with Crippen molar-refractivity contribution in [3.8, 4) is 0 Å². The van der Waals surface area contributed by atoms with Crippen LogP contribution in [0.1, 0.15) is 57.8 Å². The molecule has 1 N–H and O–H groups in total. The van der Waals surface area contributed by atoms with E-state index in [9.17, 15) is 14.7 Å². The Hall–Kier alpha value is -1.06. The Morgan fingerprint density at radius 3 is 1.83 bits per heavy atom. The number of hydrogen-bond donors (Lipinski definition) is 1. The van der Waals surface area contributed by atoms with Gasteiger partial charge in [0.2, 0.25) is 5.91 Å². The molecule has 6 fully saturated rings. The summed E-state index contributed by atoms with van der Waals surface area (Å²) >= 11 is 0. The largest absolute Gasteiger partial charge is 0.481 e. The van der Waals surface area contributed by atoms with E-state index in [0.717, 1.165) is 69.4 Å². The van der Waals surface area contributed by atoms with Crippen LogP contribution >= 0.6 is 0 Å². The van der Waals surface area contributed by atoms with Crippen molar-refractivity contribution in [3.63, 3.8) is 0 Å². The maximum absolute atomic E-state index is 13.3. The number of rotatable bonds is 2. The van der Waals surface area contributed by atoms with Gasteiger partial charge in [-0.2, -0.15) is 0 Å². The van der Waals surface area contributed by atoms with Crippen molar-refractivity contribution < 1.29 is 14.7 Å². The summed E-state index contributed by atoms with van der Waals surface area (Å²) in [7, 11) is 0. The monoisotopic (exact) mass is 317 g/mol. The van der Waals surface area contributed by atoms with Gasteiger partial charge in [-0.3, -0.25) is 9.59 Å².